The number of nitrogens with one attached hydrogen (secondary N) is 1. The van der Waals surface area contributed by atoms with Crippen LogP contribution in [-0.2, 0) is 6.54 Å². The lowest BCUT2D eigenvalue weighted by molar-refractivity contribution is 0.145. The molecule has 1 aromatic rings. The third kappa shape index (κ3) is 2.92. The molecule has 0 saturated carbocycles. The summed E-state index contributed by atoms with van der Waals surface area (Å²) in [6, 6.07) is 0.783. The van der Waals surface area contributed by atoms with Crippen LogP contribution >= 0.6 is 11.3 Å². The average Bonchev–Trinajstić information content (AvgIpc) is 3.01. The zero-order valence-corrected chi connectivity index (χ0v) is 12.0. The highest BCUT2D eigenvalue weighted by Gasteiger charge is 2.29. The van der Waals surface area contributed by atoms with Crippen LogP contribution in [0.4, 0.5) is 0 Å². The summed E-state index contributed by atoms with van der Waals surface area (Å²) in [6.07, 6.45) is 5.51. The normalized spacial score (nSPS) is 29.8. The molecule has 100 valence electrons. The van der Waals surface area contributed by atoms with E-state index >= 15 is 0 Å². The Morgan fingerprint density at radius 3 is 3.11 bits per heavy atom. The highest BCUT2D eigenvalue weighted by Crippen LogP contribution is 2.26. The molecule has 3 nitrogen and oxygen atoms in total. The number of nitrogens with zero attached hydrogens (tertiary/aromatic N) is 2. The van der Waals surface area contributed by atoms with Crippen molar-refractivity contribution in [2.24, 2.45) is 5.92 Å². The van der Waals surface area contributed by atoms with Gasteiger partial charge in [-0.25, -0.2) is 4.98 Å². The Kier molecular flexibility index (Phi) is 3.97. The Morgan fingerprint density at radius 2 is 2.39 bits per heavy atom. The Morgan fingerprint density at radius 1 is 1.44 bits per heavy atom. The molecule has 2 aliphatic heterocycles. The SMILES string of the molecule is Cc1csc(CN2CCCC(C3CCCN3)C2)n1. The number of aromatic nitrogens is 1. The van der Waals surface area contributed by atoms with Crippen LogP contribution in [0.25, 0.3) is 0 Å². The highest BCUT2D eigenvalue weighted by molar-refractivity contribution is 7.09. The van der Waals surface area contributed by atoms with E-state index in [1.807, 2.05) is 11.3 Å². The maximum atomic E-state index is 4.59. The van der Waals surface area contributed by atoms with Crippen LogP contribution in [0, 0.1) is 12.8 Å². The lowest BCUT2D eigenvalue weighted by Gasteiger charge is -2.35. The standard InChI is InChI=1S/C14H23N3S/c1-11-10-18-14(16-11)9-17-7-3-4-12(8-17)13-5-2-6-15-13/h10,12-13,15H,2-9H2,1H3. The second kappa shape index (κ2) is 5.68. The molecule has 0 radical (unpaired) electrons. The molecular formula is C14H23N3S. The van der Waals surface area contributed by atoms with Gasteiger partial charge in [0.2, 0.25) is 0 Å². The maximum absolute atomic E-state index is 4.59. The molecule has 3 rings (SSSR count). The van der Waals surface area contributed by atoms with Gasteiger partial charge in [0.05, 0.1) is 6.54 Å². The molecule has 0 aromatic carbocycles. The van der Waals surface area contributed by atoms with Crippen LogP contribution in [-0.4, -0.2) is 35.6 Å². The number of thiazole rings is 1. The van der Waals surface area contributed by atoms with E-state index in [-0.39, 0.29) is 0 Å². The maximum Gasteiger partial charge on any atom is 0.107 e. The fraction of sp³-hybridized carbons (Fsp3) is 0.786. The number of hydrogen-bond acceptors (Lipinski definition) is 4. The predicted octanol–water partition coefficient (Wildman–Crippen LogP) is 2.42. The Hall–Kier alpha value is -0.450. The Bertz CT molecular complexity index is 384. The summed E-state index contributed by atoms with van der Waals surface area (Å²) < 4.78 is 0. The Labute approximate surface area is 114 Å². The smallest absolute Gasteiger partial charge is 0.107 e. The van der Waals surface area contributed by atoms with E-state index in [0.29, 0.717) is 0 Å². The van der Waals surface area contributed by atoms with Crippen molar-refractivity contribution < 1.29 is 0 Å². The van der Waals surface area contributed by atoms with Crippen molar-refractivity contribution in [3.63, 3.8) is 0 Å². The van der Waals surface area contributed by atoms with E-state index in [9.17, 15) is 0 Å². The fourth-order valence-corrected chi connectivity index (χ4v) is 4.16. The van der Waals surface area contributed by atoms with E-state index < -0.39 is 0 Å². The van der Waals surface area contributed by atoms with Gasteiger partial charge in [0.1, 0.15) is 5.01 Å². The van der Waals surface area contributed by atoms with Gasteiger partial charge in [0.25, 0.3) is 0 Å². The third-order valence-corrected chi connectivity index (χ3v) is 5.19. The van der Waals surface area contributed by atoms with Crippen LogP contribution in [0.2, 0.25) is 0 Å². The van der Waals surface area contributed by atoms with Crippen LogP contribution in [0.3, 0.4) is 0 Å². The van der Waals surface area contributed by atoms with E-state index in [2.05, 4.69) is 27.5 Å². The van der Waals surface area contributed by atoms with Crippen molar-refractivity contribution in [2.45, 2.75) is 45.2 Å². The molecule has 0 aliphatic carbocycles. The van der Waals surface area contributed by atoms with Gasteiger partial charge < -0.3 is 5.32 Å². The minimum Gasteiger partial charge on any atom is -0.314 e. The van der Waals surface area contributed by atoms with Gasteiger partial charge in [-0.1, -0.05) is 0 Å². The van der Waals surface area contributed by atoms with Gasteiger partial charge in [-0.3, -0.25) is 4.90 Å². The van der Waals surface area contributed by atoms with Crippen molar-refractivity contribution in [3.8, 4) is 0 Å². The molecule has 1 aromatic heterocycles. The first-order chi connectivity index (χ1) is 8.81. The second-order valence-electron chi connectivity index (χ2n) is 5.72. The zero-order valence-electron chi connectivity index (χ0n) is 11.2. The van der Waals surface area contributed by atoms with E-state index in [0.717, 1.165) is 18.5 Å². The molecule has 1 N–H and O–H groups in total. The molecule has 2 atom stereocenters. The van der Waals surface area contributed by atoms with E-state index in [1.165, 1.54) is 56.0 Å². The molecule has 2 saturated heterocycles. The first-order valence-electron chi connectivity index (χ1n) is 7.18. The molecule has 2 fully saturated rings. The van der Waals surface area contributed by atoms with Gasteiger partial charge in [0, 0.05) is 23.7 Å². The lowest BCUT2D eigenvalue weighted by atomic mass is 9.90. The summed E-state index contributed by atoms with van der Waals surface area (Å²) in [5.41, 5.74) is 1.17. The molecule has 0 bridgehead atoms. The highest BCUT2D eigenvalue weighted by atomic mass is 32.1. The molecule has 0 amide bonds. The molecule has 4 heteroatoms. The summed E-state index contributed by atoms with van der Waals surface area (Å²) in [5, 5.41) is 7.12. The van der Waals surface area contributed by atoms with Crippen LogP contribution in [0.5, 0.6) is 0 Å². The van der Waals surface area contributed by atoms with Crippen LogP contribution < -0.4 is 5.32 Å². The second-order valence-corrected chi connectivity index (χ2v) is 6.67. The minimum absolute atomic E-state index is 0.783. The molecule has 18 heavy (non-hydrogen) atoms. The molecular weight excluding hydrogens is 242 g/mol. The number of hydrogen-bond donors (Lipinski definition) is 1. The quantitative estimate of drug-likeness (QED) is 0.910. The average molecular weight is 265 g/mol. The lowest BCUT2D eigenvalue weighted by Crippen LogP contribution is -2.43. The number of piperidine rings is 1. The molecule has 2 aliphatic rings. The van der Waals surface area contributed by atoms with Crippen molar-refractivity contribution >= 4 is 11.3 Å². The largest absolute Gasteiger partial charge is 0.314 e. The first-order valence-corrected chi connectivity index (χ1v) is 8.06. The molecule has 2 unspecified atom stereocenters. The summed E-state index contributed by atoms with van der Waals surface area (Å²) in [4.78, 5) is 7.19. The van der Waals surface area contributed by atoms with E-state index in [1.54, 1.807) is 0 Å². The van der Waals surface area contributed by atoms with Gasteiger partial charge in [-0.15, -0.1) is 11.3 Å². The predicted molar refractivity (Wildman–Crippen MR) is 75.9 cm³/mol. The number of aryl methyl sites for hydroxylation is 1. The summed E-state index contributed by atoms with van der Waals surface area (Å²) in [6.45, 7) is 6.88. The monoisotopic (exact) mass is 265 g/mol. The number of likely N-dealkylation sites (tertiary alicyclic amines) is 1. The van der Waals surface area contributed by atoms with Gasteiger partial charge in [-0.05, 0) is 51.6 Å². The Balaban J connectivity index is 1.56. The van der Waals surface area contributed by atoms with Crippen LogP contribution in [0.15, 0.2) is 5.38 Å². The molecule has 0 spiro atoms. The topological polar surface area (TPSA) is 28.2 Å². The number of rotatable bonds is 3. The summed E-state index contributed by atoms with van der Waals surface area (Å²) in [5.74, 6) is 0.863. The van der Waals surface area contributed by atoms with Crippen molar-refractivity contribution in [1.29, 1.82) is 0 Å². The van der Waals surface area contributed by atoms with Crippen molar-refractivity contribution in [3.05, 3.63) is 16.1 Å². The van der Waals surface area contributed by atoms with Gasteiger partial charge in [0.15, 0.2) is 0 Å². The van der Waals surface area contributed by atoms with Crippen LogP contribution in [0.1, 0.15) is 36.4 Å². The van der Waals surface area contributed by atoms with Gasteiger partial charge >= 0.3 is 0 Å². The van der Waals surface area contributed by atoms with E-state index in [4.69, 9.17) is 0 Å². The zero-order chi connectivity index (χ0) is 12.4. The molecule has 3 heterocycles. The summed E-state index contributed by atoms with van der Waals surface area (Å²) >= 11 is 1.81. The fourth-order valence-electron chi connectivity index (χ4n) is 3.34. The minimum atomic E-state index is 0.783. The third-order valence-electron chi connectivity index (χ3n) is 4.23. The van der Waals surface area contributed by atoms with Crippen molar-refractivity contribution in [1.82, 2.24) is 15.2 Å². The summed E-state index contributed by atoms with van der Waals surface area (Å²) in [7, 11) is 0. The first kappa shape index (κ1) is 12.6. The van der Waals surface area contributed by atoms with Gasteiger partial charge in [-0.2, -0.15) is 0 Å². The van der Waals surface area contributed by atoms with Crippen molar-refractivity contribution in [2.75, 3.05) is 19.6 Å².